The van der Waals surface area contributed by atoms with Gasteiger partial charge in [-0.05, 0) is 38.1 Å². The fourth-order valence-corrected chi connectivity index (χ4v) is 3.04. The first-order valence-electron chi connectivity index (χ1n) is 8.11. The lowest BCUT2D eigenvalue weighted by molar-refractivity contribution is -0.135. The quantitative estimate of drug-likeness (QED) is 0.868. The summed E-state index contributed by atoms with van der Waals surface area (Å²) in [6.07, 6.45) is 0.258. The summed E-state index contributed by atoms with van der Waals surface area (Å²) in [5, 5.41) is 0. The average Bonchev–Trinajstić information content (AvgIpc) is 3.13. The molecule has 0 spiro atoms. The van der Waals surface area contributed by atoms with Crippen LogP contribution in [0, 0.1) is 19.8 Å². The second-order valence-electron chi connectivity index (χ2n) is 6.45. The Morgan fingerprint density at radius 1 is 1.21 bits per heavy atom. The van der Waals surface area contributed by atoms with Crippen LogP contribution >= 0.6 is 0 Å². The Morgan fingerprint density at radius 3 is 2.54 bits per heavy atom. The molecular formula is C19H22N2O3. The molecule has 1 aliphatic heterocycles. The second kappa shape index (κ2) is 6.51. The normalized spacial score (nSPS) is 17.4. The van der Waals surface area contributed by atoms with E-state index in [9.17, 15) is 9.59 Å². The maximum atomic E-state index is 12.6. The van der Waals surface area contributed by atoms with Gasteiger partial charge in [0.1, 0.15) is 11.5 Å². The summed E-state index contributed by atoms with van der Waals surface area (Å²) < 4.78 is 5.52. The largest absolute Gasteiger partial charge is 0.464 e. The van der Waals surface area contributed by atoms with E-state index in [1.54, 1.807) is 16.8 Å². The molecule has 1 saturated heterocycles. The topological polar surface area (TPSA) is 53.8 Å². The van der Waals surface area contributed by atoms with Crippen molar-refractivity contribution in [2.24, 2.45) is 5.92 Å². The number of nitrogens with zero attached hydrogens (tertiary/aromatic N) is 2. The summed E-state index contributed by atoms with van der Waals surface area (Å²) in [7, 11) is 1.75. The molecule has 2 amide bonds. The van der Waals surface area contributed by atoms with Crippen molar-refractivity contribution in [1.82, 2.24) is 4.90 Å². The van der Waals surface area contributed by atoms with Crippen molar-refractivity contribution >= 4 is 17.5 Å². The first-order chi connectivity index (χ1) is 11.4. The van der Waals surface area contributed by atoms with Gasteiger partial charge in [-0.25, -0.2) is 0 Å². The van der Waals surface area contributed by atoms with E-state index in [-0.39, 0.29) is 24.2 Å². The Labute approximate surface area is 141 Å². The van der Waals surface area contributed by atoms with E-state index in [1.165, 1.54) is 0 Å². The van der Waals surface area contributed by atoms with E-state index >= 15 is 0 Å². The number of hydrogen-bond donors (Lipinski definition) is 0. The van der Waals surface area contributed by atoms with Crippen molar-refractivity contribution in [3.8, 4) is 0 Å². The molecule has 1 unspecified atom stereocenters. The number of carbonyl (C=O) groups is 2. The third kappa shape index (κ3) is 3.35. The lowest BCUT2D eigenvalue weighted by Gasteiger charge is -2.20. The van der Waals surface area contributed by atoms with Crippen LogP contribution in [0.15, 0.2) is 40.8 Å². The molecule has 0 radical (unpaired) electrons. The SMILES string of the molecule is Cc1ccc(N2CC(C(=O)N(C)Cc3ccc(C)o3)CC2=O)cc1. The summed E-state index contributed by atoms with van der Waals surface area (Å²) in [4.78, 5) is 28.3. The highest BCUT2D eigenvalue weighted by Crippen LogP contribution is 2.26. The van der Waals surface area contributed by atoms with Crippen LogP contribution in [0.4, 0.5) is 5.69 Å². The van der Waals surface area contributed by atoms with E-state index < -0.39 is 0 Å². The minimum absolute atomic E-state index is 0.000513. The highest BCUT2D eigenvalue weighted by molar-refractivity contribution is 6.00. The van der Waals surface area contributed by atoms with Crippen LogP contribution in [0.1, 0.15) is 23.5 Å². The monoisotopic (exact) mass is 326 g/mol. The molecule has 1 aliphatic rings. The first-order valence-corrected chi connectivity index (χ1v) is 8.11. The number of hydrogen-bond acceptors (Lipinski definition) is 3. The number of aryl methyl sites for hydroxylation is 2. The smallest absolute Gasteiger partial charge is 0.228 e. The third-order valence-electron chi connectivity index (χ3n) is 4.39. The number of rotatable bonds is 4. The lowest BCUT2D eigenvalue weighted by Crippen LogP contribution is -2.34. The van der Waals surface area contributed by atoms with Gasteiger partial charge >= 0.3 is 0 Å². The molecule has 126 valence electrons. The van der Waals surface area contributed by atoms with E-state index in [1.807, 2.05) is 50.2 Å². The number of furan rings is 1. The first kappa shape index (κ1) is 16.3. The van der Waals surface area contributed by atoms with Gasteiger partial charge in [-0.15, -0.1) is 0 Å². The van der Waals surface area contributed by atoms with Crippen molar-refractivity contribution in [2.45, 2.75) is 26.8 Å². The lowest BCUT2D eigenvalue weighted by atomic mass is 10.1. The number of carbonyl (C=O) groups excluding carboxylic acids is 2. The molecule has 24 heavy (non-hydrogen) atoms. The van der Waals surface area contributed by atoms with Gasteiger partial charge in [0, 0.05) is 25.7 Å². The molecule has 3 rings (SSSR count). The Hall–Kier alpha value is -2.56. The predicted octanol–water partition coefficient (Wildman–Crippen LogP) is 2.91. The zero-order chi connectivity index (χ0) is 17.3. The number of benzene rings is 1. The molecule has 0 bridgehead atoms. The predicted molar refractivity (Wildman–Crippen MR) is 91.6 cm³/mol. The summed E-state index contributed by atoms with van der Waals surface area (Å²) in [6.45, 7) is 4.73. The van der Waals surface area contributed by atoms with Gasteiger partial charge in [-0.2, -0.15) is 0 Å². The minimum Gasteiger partial charge on any atom is -0.464 e. The zero-order valence-electron chi connectivity index (χ0n) is 14.3. The standard InChI is InChI=1S/C19H22N2O3/c1-13-4-7-16(8-5-13)21-11-15(10-18(21)22)19(23)20(3)12-17-9-6-14(2)24-17/h4-9,15H,10-12H2,1-3H3. The molecule has 0 aliphatic carbocycles. The van der Waals surface area contributed by atoms with Crippen molar-refractivity contribution in [2.75, 3.05) is 18.5 Å². The van der Waals surface area contributed by atoms with Crippen molar-refractivity contribution in [1.29, 1.82) is 0 Å². The second-order valence-corrected chi connectivity index (χ2v) is 6.45. The van der Waals surface area contributed by atoms with Gasteiger partial charge in [0.25, 0.3) is 0 Å². The highest BCUT2D eigenvalue weighted by atomic mass is 16.3. The van der Waals surface area contributed by atoms with E-state index in [4.69, 9.17) is 4.42 Å². The fourth-order valence-electron chi connectivity index (χ4n) is 3.04. The van der Waals surface area contributed by atoms with Crippen LogP contribution in [-0.4, -0.2) is 30.3 Å². The number of anilines is 1. The molecule has 5 heteroatoms. The number of amides is 2. The Morgan fingerprint density at radius 2 is 1.92 bits per heavy atom. The van der Waals surface area contributed by atoms with Gasteiger partial charge in [-0.1, -0.05) is 17.7 Å². The minimum atomic E-state index is -0.306. The van der Waals surface area contributed by atoms with Gasteiger partial charge in [0.2, 0.25) is 11.8 Å². The molecule has 1 atom stereocenters. The van der Waals surface area contributed by atoms with E-state index in [2.05, 4.69) is 0 Å². The molecule has 5 nitrogen and oxygen atoms in total. The highest BCUT2D eigenvalue weighted by Gasteiger charge is 2.36. The Bertz CT molecular complexity index is 748. The average molecular weight is 326 g/mol. The molecule has 1 aromatic heterocycles. The molecule has 0 N–H and O–H groups in total. The molecule has 1 fully saturated rings. The van der Waals surface area contributed by atoms with Crippen LogP contribution in [0.2, 0.25) is 0 Å². The third-order valence-corrected chi connectivity index (χ3v) is 4.39. The molecular weight excluding hydrogens is 304 g/mol. The Balaban J connectivity index is 1.66. The maximum absolute atomic E-state index is 12.6. The summed E-state index contributed by atoms with van der Waals surface area (Å²) in [5.41, 5.74) is 2.00. The van der Waals surface area contributed by atoms with Crippen molar-refractivity contribution in [3.05, 3.63) is 53.5 Å². The summed E-state index contributed by atoms with van der Waals surface area (Å²) >= 11 is 0. The molecule has 2 aromatic rings. The summed E-state index contributed by atoms with van der Waals surface area (Å²) in [6, 6.07) is 11.6. The zero-order valence-corrected chi connectivity index (χ0v) is 14.3. The fraction of sp³-hybridized carbons (Fsp3) is 0.368. The van der Waals surface area contributed by atoms with Crippen LogP contribution < -0.4 is 4.90 Å². The van der Waals surface area contributed by atoms with Crippen LogP contribution in [0.5, 0.6) is 0 Å². The van der Waals surface area contributed by atoms with E-state index in [0.29, 0.717) is 13.1 Å². The maximum Gasteiger partial charge on any atom is 0.228 e. The summed E-state index contributed by atoms with van der Waals surface area (Å²) in [5.74, 6) is 1.25. The van der Waals surface area contributed by atoms with Gasteiger partial charge in [-0.3, -0.25) is 9.59 Å². The van der Waals surface area contributed by atoms with Crippen LogP contribution in [0.3, 0.4) is 0 Å². The van der Waals surface area contributed by atoms with Crippen molar-refractivity contribution < 1.29 is 14.0 Å². The van der Waals surface area contributed by atoms with Crippen molar-refractivity contribution in [3.63, 3.8) is 0 Å². The molecule has 2 heterocycles. The van der Waals surface area contributed by atoms with Gasteiger partial charge in [0.15, 0.2) is 0 Å². The molecule has 1 aromatic carbocycles. The van der Waals surface area contributed by atoms with E-state index in [0.717, 1.165) is 22.8 Å². The molecule has 0 saturated carbocycles. The Kier molecular flexibility index (Phi) is 4.42. The van der Waals surface area contributed by atoms with Gasteiger partial charge in [0.05, 0.1) is 12.5 Å². The van der Waals surface area contributed by atoms with Crippen LogP contribution in [0.25, 0.3) is 0 Å². The van der Waals surface area contributed by atoms with Crippen LogP contribution in [-0.2, 0) is 16.1 Å². The van der Waals surface area contributed by atoms with Gasteiger partial charge < -0.3 is 14.2 Å².